The summed E-state index contributed by atoms with van der Waals surface area (Å²) < 4.78 is 10.9. The molecule has 6 heteroatoms. The second kappa shape index (κ2) is 11.6. The molecule has 0 spiro atoms. The molecule has 2 N–H and O–H groups in total. The number of nitrogens with one attached hydrogen (secondary N) is 2. The monoisotopic (exact) mass is 362 g/mol. The first-order chi connectivity index (χ1) is 12.7. The predicted molar refractivity (Wildman–Crippen MR) is 107 cm³/mol. The Bertz CT molecular complexity index is 525. The lowest BCUT2D eigenvalue weighted by Crippen LogP contribution is -2.43. The molecule has 1 aromatic carbocycles. The summed E-state index contributed by atoms with van der Waals surface area (Å²) in [4.78, 5) is 6.87. The Balaban J connectivity index is 1.59. The zero-order valence-corrected chi connectivity index (χ0v) is 16.5. The van der Waals surface area contributed by atoms with E-state index in [2.05, 4.69) is 27.4 Å². The van der Waals surface area contributed by atoms with Gasteiger partial charge in [0.25, 0.3) is 0 Å². The van der Waals surface area contributed by atoms with Crippen LogP contribution in [0.4, 0.5) is 0 Å². The van der Waals surface area contributed by atoms with Gasteiger partial charge in [-0.3, -0.25) is 4.99 Å². The van der Waals surface area contributed by atoms with Gasteiger partial charge in [-0.15, -0.1) is 0 Å². The number of piperidine rings is 1. The molecule has 1 heterocycles. The van der Waals surface area contributed by atoms with Crippen molar-refractivity contribution in [2.24, 2.45) is 10.9 Å². The molecule has 1 aliphatic heterocycles. The molecule has 0 amide bonds. The number of ether oxygens (including phenoxy) is 2. The first-order valence-corrected chi connectivity index (χ1v) is 9.69. The van der Waals surface area contributed by atoms with Crippen LogP contribution in [0.15, 0.2) is 29.3 Å². The summed E-state index contributed by atoms with van der Waals surface area (Å²) >= 11 is 0. The lowest BCUT2D eigenvalue weighted by atomic mass is 9.97. The average molecular weight is 363 g/mol. The molecule has 6 nitrogen and oxygen atoms in total. The molecule has 1 aromatic rings. The number of guanidine groups is 1. The number of rotatable bonds is 9. The van der Waals surface area contributed by atoms with Gasteiger partial charge in [0.15, 0.2) is 5.96 Å². The number of benzene rings is 1. The van der Waals surface area contributed by atoms with Crippen molar-refractivity contribution in [2.45, 2.75) is 26.2 Å². The van der Waals surface area contributed by atoms with Crippen LogP contribution in [0.2, 0.25) is 0 Å². The standard InChI is InChI=1S/C20H34N4O2/c1-4-12-24-13-9-17(10-14-24)16-23-20(21-2)22-11-15-26-19-7-5-18(25-3)6-8-19/h5-8,17H,4,9-16H2,1-3H3,(H2,21,22,23). The van der Waals surface area contributed by atoms with E-state index in [9.17, 15) is 0 Å². The molecule has 0 aliphatic carbocycles. The Kier molecular flexibility index (Phi) is 9.10. The summed E-state index contributed by atoms with van der Waals surface area (Å²) in [5, 5.41) is 6.76. The summed E-state index contributed by atoms with van der Waals surface area (Å²) in [5.41, 5.74) is 0. The number of nitrogens with zero attached hydrogens (tertiary/aromatic N) is 2. The molecule has 2 rings (SSSR count). The molecule has 1 saturated heterocycles. The molecule has 0 aromatic heterocycles. The van der Waals surface area contributed by atoms with Crippen LogP contribution in [-0.4, -0.2) is 64.3 Å². The molecule has 0 bridgehead atoms. The number of likely N-dealkylation sites (tertiary alicyclic amines) is 1. The smallest absolute Gasteiger partial charge is 0.191 e. The van der Waals surface area contributed by atoms with Crippen LogP contribution in [0.1, 0.15) is 26.2 Å². The van der Waals surface area contributed by atoms with E-state index in [1.165, 1.54) is 38.9 Å². The Labute approximate surface area is 158 Å². The highest BCUT2D eigenvalue weighted by Gasteiger charge is 2.18. The second-order valence-electron chi connectivity index (χ2n) is 6.69. The van der Waals surface area contributed by atoms with Gasteiger partial charge >= 0.3 is 0 Å². The zero-order valence-electron chi connectivity index (χ0n) is 16.5. The van der Waals surface area contributed by atoms with Crippen LogP contribution in [0.25, 0.3) is 0 Å². The third-order valence-corrected chi connectivity index (χ3v) is 4.75. The summed E-state index contributed by atoms with van der Waals surface area (Å²) in [6.07, 6.45) is 3.78. The minimum absolute atomic E-state index is 0.586. The van der Waals surface area contributed by atoms with Crippen molar-refractivity contribution < 1.29 is 9.47 Å². The van der Waals surface area contributed by atoms with Gasteiger partial charge in [0.1, 0.15) is 18.1 Å². The van der Waals surface area contributed by atoms with Gasteiger partial charge in [-0.25, -0.2) is 0 Å². The number of methoxy groups -OCH3 is 1. The fraction of sp³-hybridized carbons (Fsp3) is 0.650. The fourth-order valence-electron chi connectivity index (χ4n) is 3.20. The maximum absolute atomic E-state index is 5.72. The first kappa shape index (κ1) is 20.4. The Morgan fingerprint density at radius 3 is 2.46 bits per heavy atom. The van der Waals surface area contributed by atoms with Gasteiger partial charge in [0, 0.05) is 13.6 Å². The van der Waals surface area contributed by atoms with Gasteiger partial charge in [-0.1, -0.05) is 6.92 Å². The van der Waals surface area contributed by atoms with Crippen molar-refractivity contribution in [3.05, 3.63) is 24.3 Å². The van der Waals surface area contributed by atoms with E-state index >= 15 is 0 Å². The van der Waals surface area contributed by atoms with Gasteiger partial charge < -0.3 is 25.0 Å². The highest BCUT2D eigenvalue weighted by molar-refractivity contribution is 5.79. The maximum atomic E-state index is 5.72. The number of hydrogen-bond acceptors (Lipinski definition) is 4. The normalized spacial score (nSPS) is 16.3. The van der Waals surface area contributed by atoms with E-state index in [0.717, 1.165) is 29.9 Å². The molecule has 1 fully saturated rings. The van der Waals surface area contributed by atoms with Crippen LogP contribution in [0, 0.1) is 5.92 Å². The summed E-state index contributed by atoms with van der Waals surface area (Å²) in [5.74, 6) is 3.26. The molecule has 146 valence electrons. The lowest BCUT2D eigenvalue weighted by molar-refractivity contribution is 0.185. The van der Waals surface area contributed by atoms with Crippen molar-refractivity contribution >= 4 is 5.96 Å². The van der Waals surface area contributed by atoms with E-state index in [0.29, 0.717) is 13.2 Å². The Hall–Kier alpha value is -1.95. The van der Waals surface area contributed by atoms with Crippen molar-refractivity contribution in [3.63, 3.8) is 0 Å². The topological polar surface area (TPSA) is 58.1 Å². The van der Waals surface area contributed by atoms with E-state index in [4.69, 9.17) is 9.47 Å². The van der Waals surface area contributed by atoms with Gasteiger partial charge in [-0.05, 0) is 69.1 Å². The SMILES string of the molecule is CCCN1CCC(CNC(=NC)NCCOc2ccc(OC)cc2)CC1. The third-order valence-electron chi connectivity index (χ3n) is 4.75. The van der Waals surface area contributed by atoms with Crippen LogP contribution in [0.5, 0.6) is 11.5 Å². The summed E-state index contributed by atoms with van der Waals surface area (Å²) in [6.45, 7) is 8.21. The molecular formula is C20H34N4O2. The second-order valence-corrected chi connectivity index (χ2v) is 6.69. The lowest BCUT2D eigenvalue weighted by Gasteiger charge is -2.32. The molecule has 0 saturated carbocycles. The minimum atomic E-state index is 0.586. The van der Waals surface area contributed by atoms with Crippen molar-refractivity contribution in [1.29, 1.82) is 0 Å². The average Bonchev–Trinajstić information content (AvgIpc) is 2.69. The summed E-state index contributed by atoms with van der Waals surface area (Å²) in [6, 6.07) is 7.62. The van der Waals surface area contributed by atoms with E-state index in [1.807, 2.05) is 31.3 Å². The molecular weight excluding hydrogens is 328 g/mol. The Morgan fingerprint density at radius 2 is 1.85 bits per heavy atom. The van der Waals surface area contributed by atoms with E-state index < -0.39 is 0 Å². The van der Waals surface area contributed by atoms with Crippen molar-refractivity contribution in [3.8, 4) is 11.5 Å². The minimum Gasteiger partial charge on any atom is -0.497 e. The molecule has 0 unspecified atom stereocenters. The number of aliphatic imine (C=N–C) groups is 1. The van der Waals surface area contributed by atoms with Crippen LogP contribution in [-0.2, 0) is 0 Å². The molecule has 1 aliphatic rings. The fourth-order valence-corrected chi connectivity index (χ4v) is 3.20. The highest BCUT2D eigenvalue weighted by Crippen LogP contribution is 2.17. The van der Waals surface area contributed by atoms with Crippen molar-refractivity contribution in [1.82, 2.24) is 15.5 Å². The van der Waals surface area contributed by atoms with E-state index in [1.54, 1.807) is 7.11 Å². The van der Waals surface area contributed by atoms with Gasteiger partial charge in [0.2, 0.25) is 0 Å². The third kappa shape index (κ3) is 7.12. The molecule has 0 radical (unpaired) electrons. The van der Waals surface area contributed by atoms with Gasteiger partial charge in [-0.2, -0.15) is 0 Å². The van der Waals surface area contributed by atoms with Gasteiger partial charge in [0.05, 0.1) is 13.7 Å². The van der Waals surface area contributed by atoms with Crippen LogP contribution in [0.3, 0.4) is 0 Å². The quantitative estimate of drug-likeness (QED) is 0.401. The largest absolute Gasteiger partial charge is 0.497 e. The zero-order chi connectivity index (χ0) is 18.6. The predicted octanol–water partition coefficient (Wildman–Crippen LogP) is 2.36. The van der Waals surface area contributed by atoms with E-state index in [-0.39, 0.29) is 0 Å². The highest BCUT2D eigenvalue weighted by atomic mass is 16.5. The van der Waals surface area contributed by atoms with Crippen molar-refractivity contribution in [2.75, 3.05) is 53.5 Å². The molecule has 0 atom stereocenters. The maximum Gasteiger partial charge on any atom is 0.191 e. The molecule has 26 heavy (non-hydrogen) atoms. The number of hydrogen-bond donors (Lipinski definition) is 2. The van der Waals surface area contributed by atoms with Crippen LogP contribution >= 0.6 is 0 Å². The first-order valence-electron chi connectivity index (χ1n) is 9.69. The Morgan fingerprint density at radius 1 is 1.15 bits per heavy atom. The van der Waals surface area contributed by atoms with Crippen LogP contribution < -0.4 is 20.1 Å². The summed E-state index contributed by atoms with van der Waals surface area (Å²) in [7, 11) is 3.47.